The van der Waals surface area contributed by atoms with Gasteiger partial charge < -0.3 is 11.1 Å². The second kappa shape index (κ2) is 4.75. The summed E-state index contributed by atoms with van der Waals surface area (Å²) in [7, 11) is 0. The van der Waals surface area contributed by atoms with Crippen LogP contribution in [0.5, 0.6) is 0 Å². The Kier molecular flexibility index (Phi) is 3.33. The van der Waals surface area contributed by atoms with Gasteiger partial charge in [0.15, 0.2) is 0 Å². The number of hydrogen-bond donors (Lipinski definition) is 2. The maximum atomic E-state index is 5.70. The van der Waals surface area contributed by atoms with Gasteiger partial charge in [-0.1, -0.05) is 15.9 Å². The number of anilines is 3. The largest absolute Gasteiger partial charge is 0.397 e. The first-order chi connectivity index (χ1) is 8.06. The van der Waals surface area contributed by atoms with Gasteiger partial charge in [0, 0.05) is 16.4 Å². The van der Waals surface area contributed by atoms with Crippen LogP contribution < -0.4 is 11.1 Å². The Morgan fingerprint density at radius 1 is 1.12 bits per heavy atom. The molecule has 0 saturated heterocycles. The van der Waals surface area contributed by atoms with Gasteiger partial charge in [-0.3, -0.25) is 4.98 Å². The molecule has 0 aliphatic carbocycles. The van der Waals surface area contributed by atoms with E-state index in [4.69, 9.17) is 5.73 Å². The number of halogens is 1. The third-order valence-corrected chi connectivity index (χ3v) is 2.98. The molecule has 17 heavy (non-hydrogen) atoms. The minimum absolute atomic E-state index is 0.655. The van der Waals surface area contributed by atoms with Crippen molar-refractivity contribution in [3.05, 3.63) is 46.2 Å². The van der Waals surface area contributed by atoms with E-state index in [-0.39, 0.29) is 0 Å². The summed E-state index contributed by atoms with van der Waals surface area (Å²) in [6.45, 7) is 4.14. The van der Waals surface area contributed by atoms with Crippen LogP contribution in [0.4, 0.5) is 17.1 Å². The highest BCUT2D eigenvalue weighted by Crippen LogP contribution is 2.28. The van der Waals surface area contributed by atoms with Crippen LogP contribution in [0.2, 0.25) is 0 Å². The Bertz CT molecular complexity index is 529. The van der Waals surface area contributed by atoms with Crippen LogP contribution in [-0.4, -0.2) is 4.98 Å². The summed E-state index contributed by atoms with van der Waals surface area (Å²) < 4.78 is 1.09. The number of nitrogens with one attached hydrogen (secondary N) is 1. The van der Waals surface area contributed by atoms with Gasteiger partial charge in [0.2, 0.25) is 0 Å². The zero-order chi connectivity index (χ0) is 12.4. The molecule has 0 spiro atoms. The molecule has 0 fully saturated rings. The Labute approximate surface area is 109 Å². The number of nitrogens with zero attached hydrogens (tertiary/aromatic N) is 1. The molecule has 0 bridgehead atoms. The lowest BCUT2D eigenvalue weighted by Crippen LogP contribution is -1.98. The Hall–Kier alpha value is -1.55. The van der Waals surface area contributed by atoms with E-state index in [1.165, 1.54) is 11.1 Å². The number of nitrogen functional groups attached to an aromatic ring is 1. The molecule has 0 unspecified atom stereocenters. The van der Waals surface area contributed by atoms with Gasteiger partial charge in [-0.2, -0.15) is 0 Å². The third-order valence-electron chi connectivity index (χ3n) is 2.53. The first-order valence-electron chi connectivity index (χ1n) is 5.30. The fourth-order valence-corrected chi connectivity index (χ4v) is 2.47. The second-order valence-electron chi connectivity index (χ2n) is 4.05. The number of aryl methyl sites for hydroxylation is 2. The minimum Gasteiger partial charge on any atom is -0.397 e. The molecule has 1 heterocycles. The molecule has 0 aliphatic rings. The van der Waals surface area contributed by atoms with Crippen molar-refractivity contribution in [3.63, 3.8) is 0 Å². The van der Waals surface area contributed by atoms with Gasteiger partial charge in [-0.25, -0.2) is 0 Å². The Balaban J connectivity index is 2.36. The van der Waals surface area contributed by atoms with E-state index in [1.807, 2.05) is 6.07 Å². The number of rotatable bonds is 2. The smallest absolute Gasteiger partial charge is 0.0591 e. The number of pyridine rings is 1. The molecule has 0 saturated carbocycles. The van der Waals surface area contributed by atoms with Crippen molar-refractivity contribution in [2.45, 2.75) is 13.8 Å². The highest BCUT2D eigenvalue weighted by atomic mass is 79.9. The summed E-state index contributed by atoms with van der Waals surface area (Å²) >= 11 is 3.48. The Morgan fingerprint density at radius 2 is 1.76 bits per heavy atom. The van der Waals surface area contributed by atoms with E-state index >= 15 is 0 Å². The SMILES string of the molecule is Cc1cc(Br)cc(C)c1Nc1cncc(N)c1. The molecule has 3 nitrogen and oxygen atoms in total. The van der Waals surface area contributed by atoms with Crippen molar-refractivity contribution in [3.8, 4) is 0 Å². The van der Waals surface area contributed by atoms with Crippen LogP contribution >= 0.6 is 15.9 Å². The molecule has 4 heteroatoms. The van der Waals surface area contributed by atoms with E-state index in [2.05, 4.69) is 52.2 Å². The minimum atomic E-state index is 0.655. The maximum Gasteiger partial charge on any atom is 0.0591 e. The van der Waals surface area contributed by atoms with E-state index in [1.54, 1.807) is 12.4 Å². The predicted molar refractivity (Wildman–Crippen MR) is 75.5 cm³/mol. The molecule has 0 atom stereocenters. The van der Waals surface area contributed by atoms with Crippen molar-refractivity contribution >= 4 is 33.0 Å². The van der Waals surface area contributed by atoms with Crippen molar-refractivity contribution in [2.24, 2.45) is 0 Å². The number of aromatic nitrogens is 1. The molecule has 1 aromatic heterocycles. The molecule has 3 N–H and O–H groups in total. The second-order valence-corrected chi connectivity index (χ2v) is 4.96. The molecule has 2 rings (SSSR count). The topological polar surface area (TPSA) is 50.9 Å². The first-order valence-corrected chi connectivity index (χ1v) is 6.10. The molecular formula is C13H14BrN3. The van der Waals surface area contributed by atoms with Crippen LogP contribution in [0.15, 0.2) is 35.1 Å². The number of nitrogens with two attached hydrogens (primary N) is 1. The average Bonchev–Trinajstić information content (AvgIpc) is 2.23. The monoisotopic (exact) mass is 291 g/mol. The highest BCUT2D eigenvalue weighted by molar-refractivity contribution is 9.10. The molecule has 1 aromatic carbocycles. The quantitative estimate of drug-likeness (QED) is 0.885. The van der Waals surface area contributed by atoms with Crippen LogP contribution in [0, 0.1) is 13.8 Å². The van der Waals surface area contributed by atoms with Crippen LogP contribution in [-0.2, 0) is 0 Å². The van der Waals surface area contributed by atoms with Crippen molar-refractivity contribution in [2.75, 3.05) is 11.1 Å². The van der Waals surface area contributed by atoms with Crippen LogP contribution in [0.1, 0.15) is 11.1 Å². The fourth-order valence-electron chi connectivity index (χ4n) is 1.78. The summed E-state index contributed by atoms with van der Waals surface area (Å²) in [5.74, 6) is 0. The van der Waals surface area contributed by atoms with Gasteiger partial charge in [-0.05, 0) is 43.2 Å². The third kappa shape index (κ3) is 2.77. The zero-order valence-corrected chi connectivity index (χ0v) is 11.4. The number of benzene rings is 1. The Morgan fingerprint density at radius 3 is 2.35 bits per heavy atom. The molecule has 88 valence electrons. The van der Waals surface area contributed by atoms with Crippen LogP contribution in [0.3, 0.4) is 0 Å². The summed E-state index contributed by atoms with van der Waals surface area (Å²) in [6.07, 6.45) is 3.39. The lowest BCUT2D eigenvalue weighted by Gasteiger charge is -2.13. The van der Waals surface area contributed by atoms with Crippen molar-refractivity contribution in [1.29, 1.82) is 0 Å². The fraction of sp³-hybridized carbons (Fsp3) is 0.154. The summed E-state index contributed by atoms with van der Waals surface area (Å²) in [5, 5.41) is 3.35. The lowest BCUT2D eigenvalue weighted by atomic mass is 10.1. The van der Waals surface area contributed by atoms with Gasteiger partial charge in [0.1, 0.15) is 0 Å². The van der Waals surface area contributed by atoms with Crippen molar-refractivity contribution in [1.82, 2.24) is 4.98 Å². The molecular weight excluding hydrogens is 278 g/mol. The molecule has 0 radical (unpaired) electrons. The number of hydrogen-bond acceptors (Lipinski definition) is 3. The predicted octanol–water partition coefficient (Wildman–Crippen LogP) is 3.79. The maximum absolute atomic E-state index is 5.70. The van der Waals surface area contributed by atoms with Gasteiger partial charge in [0.25, 0.3) is 0 Å². The lowest BCUT2D eigenvalue weighted by molar-refractivity contribution is 1.30. The zero-order valence-electron chi connectivity index (χ0n) is 9.79. The van der Waals surface area contributed by atoms with Crippen molar-refractivity contribution < 1.29 is 0 Å². The first kappa shape index (κ1) is 11.9. The molecule has 0 aliphatic heterocycles. The molecule has 2 aromatic rings. The van der Waals surface area contributed by atoms with E-state index < -0.39 is 0 Å². The summed E-state index contributed by atoms with van der Waals surface area (Å²) in [5.41, 5.74) is 10.7. The van der Waals surface area contributed by atoms with E-state index in [0.29, 0.717) is 5.69 Å². The van der Waals surface area contributed by atoms with Gasteiger partial charge >= 0.3 is 0 Å². The summed E-state index contributed by atoms with van der Waals surface area (Å²) in [6, 6.07) is 6.03. The van der Waals surface area contributed by atoms with E-state index in [0.717, 1.165) is 15.8 Å². The van der Waals surface area contributed by atoms with Gasteiger partial charge in [-0.15, -0.1) is 0 Å². The highest BCUT2D eigenvalue weighted by Gasteiger charge is 2.05. The molecule has 0 amide bonds. The normalized spacial score (nSPS) is 10.3. The van der Waals surface area contributed by atoms with Crippen LogP contribution in [0.25, 0.3) is 0 Å². The standard InChI is InChI=1S/C13H14BrN3/c1-8-3-10(14)4-9(2)13(8)17-12-5-11(15)6-16-7-12/h3-7,17H,15H2,1-2H3. The average molecular weight is 292 g/mol. The van der Waals surface area contributed by atoms with Gasteiger partial charge in [0.05, 0.1) is 17.6 Å². The van der Waals surface area contributed by atoms with E-state index in [9.17, 15) is 0 Å². The summed E-state index contributed by atoms with van der Waals surface area (Å²) in [4.78, 5) is 4.06.